The topological polar surface area (TPSA) is 136 Å². The first-order valence-corrected chi connectivity index (χ1v) is 11.9. The summed E-state index contributed by atoms with van der Waals surface area (Å²) in [6.07, 6.45) is -4.23. The first-order valence-electron chi connectivity index (χ1n) is 11.5. The van der Waals surface area contributed by atoms with Crippen molar-refractivity contribution in [2.75, 3.05) is 13.7 Å². The van der Waals surface area contributed by atoms with Gasteiger partial charge in [-0.25, -0.2) is 9.48 Å². The van der Waals surface area contributed by atoms with Gasteiger partial charge in [0.25, 0.3) is 0 Å². The normalized spacial score (nSPS) is 23.9. The molecule has 36 heavy (non-hydrogen) atoms. The van der Waals surface area contributed by atoms with E-state index >= 15 is 0 Å². The van der Waals surface area contributed by atoms with Crippen LogP contribution in [0.5, 0.6) is 5.75 Å². The second kappa shape index (κ2) is 11.4. The Balaban J connectivity index is 1.53. The Hall–Kier alpha value is -3.02. The van der Waals surface area contributed by atoms with Gasteiger partial charge in [-0.05, 0) is 48.2 Å². The summed E-state index contributed by atoms with van der Waals surface area (Å²) in [5.74, 6) is 0.130. The monoisotopic (exact) mass is 517 g/mol. The van der Waals surface area contributed by atoms with Crippen LogP contribution in [0, 0.1) is 0 Å². The van der Waals surface area contributed by atoms with Crippen LogP contribution in [-0.2, 0) is 22.4 Å². The lowest BCUT2D eigenvalue weighted by molar-refractivity contribution is -0.228. The van der Waals surface area contributed by atoms with Gasteiger partial charge in [-0.15, -0.1) is 5.10 Å². The highest BCUT2D eigenvalue weighted by molar-refractivity contribution is 6.31. The summed E-state index contributed by atoms with van der Waals surface area (Å²) >= 11 is 6.46. The smallest absolute Gasteiger partial charge is 0.360 e. The Kier molecular flexibility index (Phi) is 8.22. The number of methoxy groups -OCH3 is 1. The van der Waals surface area contributed by atoms with Crippen LogP contribution >= 0.6 is 11.6 Å². The number of aliphatic hydroxyl groups excluding tert-OH is 3. The molecule has 1 fully saturated rings. The maximum Gasteiger partial charge on any atom is 0.360 e. The van der Waals surface area contributed by atoms with E-state index in [9.17, 15) is 20.1 Å². The van der Waals surface area contributed by atoms with Crippen molar-refractivity contribution in [3.8, 4) is 5.75 Å². The van der Waals surface area contributed by atoms with Crippen molar-refractivity contribution >= 4 is 17.6 Å². The molecule has 1 aliphatic rings. The van der Waals surface area contributed by atoms with E-state index in [-0.39, 0.29) is 12.2 Å². The molecule has 3 N–H and O–H groups in total. The third-order valence-corrected chi connectivity index (χ3v) is 6.41. The number of rotatable bonds is 8. The number of hydrogen-bond donors (Lipinski definition) is 3. The molecule has 2 aromatic carbocycles. The molecule has 2 heterocycles. The number of aromatic nitrogens is 3. The lowest BCUT2D eigenvalue weighted by Crippen LogP contribution is -2.55. The van der Waals surface area contributed by atoms with Gasteiger partial charge in [0.05, 0.1) is 26.5 Å². The van der Waals surface area contributed by atoms with Gasteiger partial charge in [0.2, 0.25) is 0 Å². The zero-order valence-corrected chi connectivity index (χ0v) is 20.6. The van der Waals surface area contributed by atoms with E-state index in [4.69, 9.17) is 21.1 Å². The second-order valence-corrected chi connectivity index (χ2v) is 8.90. The Morgan fingerprint density at radius 1 is 1.11 bits per heavy atom. The highest BCUT2D eigenvalue weighted by Gasteiger charge is 2.44. The molecule has 0 amide bonds. The second-order valence-electron chi connectivity index (χ2n) is 8.49. The molecule has 1 aromatic heterocycles. The largest absolute Gasteiger partial charge is 0.494 e. The lowest BCUT2D eigenvalue weighted by atomic mass is 9.90. The minimum absolute atomic E-state index is 0.00318. The van der Waals surface area contributed by atoms with Crippen LogP contribution < -0.4 is 4.74 Å². The third-order valence-electron chi connectivity index (χ3n) is 6.04. The zero-order valence-electron chi connectivity index (χ0n) is 19.8. The Morgan fingerprint density at radius 2 is 1.86 bits per heavy atom. The van der Waals surface area contributed by atoms with Crippen molar-refractivity contribution in [3.63, 3.8) is 0 Å². The average Bonchev–Trinajstić information content (AvgIpc) is 3.35. The molecule has 1 aliphatic heterocycles. The zero-order chi connectivity index (χ0) is 25.8. The minimum Gasteiger partial charge on any atom is -0.494 e. The molecular weight excluding hydrogens is 490 g/mol. The van der Waals surface area contributed by atoms with Crippen molar-refractivity contribution in [3.05, 3.63) is 76.1 Å². The molecule has 0 spiro atoms. The van der Waals surface area contributed by atoms with Crippen LogP contribution in [0.25, 0.3) is 0 Å². The number of hydrogen-bond acceptors (Lipinski definition) is 9. The van der Waals surface area contributed by atoms with Crippen molar-refractivity contribution in [1.29, 1.82) is 0 Å². The number of carbonyl (C=O) groups excluding carboxylic acids is 1. The summed E-state index contributed by atoms with van der Waals surface area (Å²) in [5.41, 5.74) is 2.42. The number of carbonyl (C=O) groups is 1. The summed E-state index contributed by atoms with van der Waals surface area (Å²) in [6, 6.07) is 12.9. The minimum atomic E-state index is -1.47. The predicted octanol–water partition coefficient (Wildman–Crippen LogP) is 1.93. The maximum atomic E-state index is 11.6. The molecule has 0 bridgehead atoms. The lowest BCUT2D eigenvalue weighted by Gasteiger charge is -2.41. The number of halogens is 1. The highest BCUT2D eigenvalue weighted by atomic mass is 35.5. The summed E-state index contributed by atoms with van der Waals surface area (Å²) < 4.78 is 17.4. The van der Waals surface area contributed by atoms with E-state index in [0.29, 0.717) is 23.6 Å². The molecule has 1 saturated heterocycles. The van der Waals surface area contributed by atoms with E-state index in [1.165, 1.54) is 18.0 Å². The van der Waals surface area contributed by atoms with E-state index in [0.717, 1.165) is 16.9 Å². The van der Waals surface area contributed by atoms with Gasteiger partial charge in [-0.2, -0.15) is 0 Å². The van der Waals surface area contributed by atoms with E-state index in [1.54, 1.807) is 12.1 Å². The van der Waals surface area contributed by atoms with Gasteiger partial charge in [-0.3, -0.25) is 0 Å². The van der Waals surface area contributed by atoms with Crippen molar-refractivity contribution in [1.82, 2.24) is 15.0 Å². The van der Waals surface area contributed by atoms with E-state index < -0.39 is 36.5 Å². The molecule has 11 heteroatoms. The third kappa shape index (κ3) is 5.69. The van der Waals surface area contributed by atoms with Gasteiger partial charge in [-0.1, -0.05) is 41.1 Å². The van der Waals surface area contributed by atoms with Crippen molar-refractivity contribution < 1.29 is 34.3 Å². The number of nitrogens with zero attached hydrogens (tertiary/aromatic N) is 3. The number of ether oxygens (including phenoxy) is 3. The molecular formula is C25H28ClN3O7. The molecule has 192 valence electrons. The molecule has 5 atom stereocenters. The molecule has 10 nitrogen and oxygen atoms in total. The fraction of sp³-hybridized carbons (Fsp3) is 0.400. The van der Waals surface area contributed by atoms with Crippen LogP contribution in [0.2, 0.25) is 5.02 Å². The fourth-order valence-electron chi connectivity index (χ4n) is 4.14. The molecule has 5 unspecified atom stereocenters. The summed E-state index contributed by atoms with van der Waals surface area (Å²) in [4.78, 5) is 11.6. The fourth-order valence-corrected chi connectivity index (χ4v) is 4.33. The van der Waals surface area contributed by atoms with Crippen LogP contribution in [0.3, 0.4) is 0 Å². The maximum absolute atomic E-state index is 11.6. The molecule has 0 radical (unpaired) electrons. The van der Waals surface area contributed by atoms with Gasteiger partial charge < -0.3 is 29.5 Å². The van der Waals surface area contributed by atoms with Gasteiger partial charge >= 0.3 is 5.97 Å². The molecule has 0 aliphatic carbocycles. The standard InChI is InChI=1S/C25H28ClN3O7/c1-3-35-17-7-4-14(5-8-17)10-16-11-15(6-9-18(16)26)24-23(32)22(31)21(30)20(36-24)13-29-12-19(27-28-29)25(33)34-2/h4-9,11-12,20-24,30-32H,3,10,13H2,1-2H3. The summed E-state index contributed by atoms with van der Waals surface area (Å²) in [7, 11) is 1.23. The van der Waals surface area contributed by atoms with Crippen LogP contribution in [-0.4, -0.2) is 74.4 Å². The molecule has 0 saturated carbocycles. The van der Waals surface area contributed by atoms with E-state index in [2.05, 4.69) is 15.0 Å². The molecule has 4 rings (SSSR count). The predicted molar refractivity (Wildman–Crippen MR) is 129 cm³/mol. The average molecular weight is 518 g/mol. The van der Waals surface area contributed by atoms with Gasteiger partial charge in [0.15, 0.2) is 5.69 Å². The SMILES string of the molecule is CCOc1ccc(Cc2cc(C3OC(Cn4cc(C(=O)OC)nn4)C(O)C(O)C3O)ccc2Cl)cc1. The number of aliphatic hydroxyl groups is 3. The summed E-state index contributed by atoms with van der Waals surface area (Å²) in [6.45, 7) is 2.49. The van der Waals surface area contributed by atoms with Crippen LogP contribution in [0.15, 0.2) is 48.7 Å². The van der Waals surface area contributed by atoms with Gasteiger partial charge in [0.1, 0.15) is 36.3 Å². The summed E-state index contributed by atoms with van der Waals surface area (Å²) in [5, 5.41) is 39.9. The van der Waals surface area contributed by atoms with Crippen molar-refractivity contribution in [2.24, 2.45) is 0 Å². The van der Waals surface area contributed by atoms with Crippen LogP contribution in [0.1, 0.15) is 40.2 Å². The van der Waals surface area contributed by atoms with Crippen LogP contribution in [0.4, 0.5) is 0 Å². The van der Waals surface area contributed by atoms with Crippen molar-refractivity contribution in [2.45, 2.75) is 50.4 Å². The molecule has 3 aromatic rings. The number of esters is 1. The first kappa shape index (κ1) is 26.1. The number of benzene rings is 2. The van der Waals surface area contributed by atoms with E-state index in [1.807, 2.05) is 37.3 Å². The first-order chi connectivity index (χ1) is 17.3. The van der Waals surface area contributed by atoms with Gasteiger partial charge in [0, 0.05) is 5.02 Å². The highest BCUT2D eigenvalue weighted by Crippen LogP contribution is 2.35. The quantitative estimate of drug-likeness (QED) is 0.383. The Bertz CT molecular complexity index is 1190. The Morgan fingerprint density at radius 3 is 2.56 bits per heavy atom. The Labute approximate surface area is 213 Å².